The van der Waals surface area contributed by atoms with Crippen molar-refractivity contribution >= 4 is 23.4 Å². The second kappa shape index (κ2) is 19.3. The molecule has 0 unspecified atom stereocenters. The van der Waals surface area contributed by atoms with Gasteiger partial charge in [-0.05, 0) is 52.6 Å². The molecule has 0 atom stereocenters. The van der Waals surface area contributed by atoms with Gasteiger partial charge in [0.2, 0.25) is 6.86 Å². The van der Waals surface area contributed by atoms with Gasteiger partial charge in [-0.2, -0.15) is 0 Å². The first-order valence-electron chi connectivity index (χ1n) is 10.8. The zero-order chi connectivity index (χ0) is 28.2. The van der Waals surface area contributed by atoms with E-state index in [1.165, 1.54) is 14.2 Å². The number of nitrogens with zero attached hydrogens (tertiary/aromatic N) is 3. The Morgan fingerprint density at radius 2 is 1.62 bits per heavy atom. The lowest BCUT2D eigenvalue weighted by Crippen LogP contribution is -2.09. The zero-order valence-electron chi connectivity index (χ0n) is 22.0. The van der Waals surface area contributed by atoms with E-state index in [0.29, 0.717) is 34.6 Å². The number of carbonyl (C=O) groups is 1. The maximum absolute atomic E-state index is 12.9. The first-order chi connectivity index (χ1) is 17.9. The Kier molecular flexibility index (Phi) is 17.2. The number of benzene rings is 2. The Bertz CT molecular complexity index is 1060. The number of hydrogen-bond acceptors (Lipinski definition) is 9. The SMILES string of the molecule is CNC.CO/N=C(/C)c1ccc(/C(C)=N/OCc2c(C)cccc2/C(C=O)=N\OC)c(OCF)c1.FF. The Morgan fingerprint density at radius 1 is 0.973 bits per heavy atom. The molecule has 1 N–H and O–H groups in total. The lowest BCUT2D eigenvalue weighted by Gasteiger charge is -2.13. The molecule has 0 heterocycles. The van der Waals surface area contributed by atoms with Gasteiger partial charge in [0.1, 0.15) is 32.3 Å². The molecule has 0 saturated carbocycles. The number of oxime groups is 3. The van der Waals surface area contributed by atoms with Crippen LogP contribution in [0.25, 0.3) is 0 Å². The van der Waals surface area contributed by atoms with Gasteiger partial charge in [-0.15, -0.1) is 0 Å². The number of rotatable bonds is 11. The number of aryl methyl sites for hydroxylation is 1. The van der Waals surface area contributed by atoms with Crippen LogP contribution < -0.4 is 10.1 Å². The van der Waals surface area contributed by atoms with E-state index in [2.05, 4.69) is 20.8 Å². The number of ether oxygens (including phenoxy) is 1. The fourth-order valence-electron chi connectivity index (χ4n) is 3.02. The second-order valence-electron chi connectivity index (χ2n) is 7.15. The van der Waals surface area contributed by atoms with Crippen LogP contribution in [0.2, 0.25) is 0 Å². The van der Waals surface area contributed by atoms with Crippen LogP contribution >= 0.6 is 0 Å². The van der Waals surface area contributed by atoms with Crippen LogP contribution in [-0.2, 0) is 25.9 Å². The van der Waals surface area contributed by atoms with Gasteiger partial charge in [-0.25, -0.2) is 4.39 Å². The molecule has 0 saturated heterocycles. The van der Waals surface area contributed by atoms with E-state index < -0.39 is 6.86 Å². The van der Waals surface area contributed by atoms with Crippen LogP contribution in [-0.4, -0.2) is 58.6 Å². The summed E-state index contributed by atoms with van der Waals surface area (Å²) < 4.78 is 34.1. The molecule has 0 radical (unpaired) electrons. The summed E-state index contributed by atoms with van der Waals surface area (Å²) in [6, 6.07) is 10.7. The molecule has 0 bridgehead atoms. The van der Waals surface area contributed by atoms with Crippen molar-refractivity contribution in [2.75, 3.05) is 35.2 Å². The molecular formula is C25H33F3N4O5. The van der Waals surface area contributed by atoms with E-state index in [0.717, 1.165) is 16.7 Å². The van der Waals surface area contributed by atoms with E-state index >= 15 is 0 Å². The third-order valence-corrected chi connectivity index (χ3v) is 4.63. The van der Waals surface area contributed by atoms with Gasteiger partial charge in [0.05, 0.1) is 11.4 Å². The van der Waals surface area contributed by atoms with Gasteiger partial charge in [-0.1, -0.05) is 39.7 Å². The van der Waals surface area contributed by atoms with Crippen molar-refractivity contribution in [2.24, 2.45) is 15.5 Å². The summed E-state index contributed by atoms with van der Waals surface area (Å²) in [5.74, 6) is 0.299. The molecule has 9 nitrogen and oxygen atoms in total. The van der Waals surface area contributed by atoms with Crippen LogP contribution in [0.4, 0.5) is 13.5 Å². The molecule has 204 valence electrons. The number of hydrogen-bond donors (Lipinski definition) is 1. The van der Waals surface area contributed by atoms with Gasteiger partial charge >= 0.3 is 0 Å². The van der Waals surface area contributed by atoms with Crippen LogP contribution in [0.15, 0.2) is 51.9 Å². The molecule has 0 aliphatic heterocycles. The molecule has 0 fully saturated rings. The van der Waals surface area contributed by atoms with Crippen molar-refractivity contribution in [3.05, 3.63) is 64.2 Å². The van der Waals surface area contributed by atoms with E-state index in [-0.39, 0.29) is 12.3 Å². The highest BCUT2D eigenvalue weighted by Gasteiger charge is 2.14. The molecule has 37 heavy (non-hydrogen) atoms. The highest BCUT2D eigenvalue weighted by Crippen LogP contribution is 2.23. The average molecular weight is 527 g/mol. The molecule has 0 spiro atoms. The standard InChI is InChI=1S/C23H26FN3O5.C2H7N.F2/c1-15-7-6-8-20(22(12-28)27-30-5)21(15)13-32-26-17(3)19-10-9-18(16(2)25-29-4)11-23(19)31-14-24;1-3-2;1-2/h6-12H,13-14H2,1-5H3;3H,1-2H3;/b25-16-,26-17+,27-22-;;. The third kappa shape index (κ3) is 10.7. The van der Waals surface area contributed by atoms with E-state index in [9.17, 15) is 9.18 Å². The molecule has 2 aromatic rings. The summed E-state index contributed by atoms with van der Waals surface area (Å²) in [5.41, 5.74) is 4.77. The summed E-state index contributed by atoms with van der Waals surface area (Å²) in [7, 11) is 6.57. The van der Waals surface area contributed by atoms with E-state index in [4.69, 9.17) is 28.4 Å². The van der Waals surface area contributed by atoms with Crippen molar-refractivity contribution < 1.29 is 37.6 Å². The fraction of sp³-hybridized carbons (Fsp3) is 0.360. The van der Waals surface area contributed by atoms with Crippen LogP contribution in [0, 0.1) is 6.92 Å². The first kappa shape index (κ1) is 33.1. The minimum Gasteiger partial charge on any atom is -0.462 e. The number of aldehydes is 1. The molecule has 0 aliphatic carbocycles. The first-order valence-corrected chi connectivity index (χ1v) is 10.8. The molecule has 2 rings (SSSR count). The summed E-state index contributed by atoms with van der Waals surface area (Å²) in [6.07, 6.45) is 0.618. The summed E-state index contributed by atoms with van der Waals surface area (Å²) in [6.45, 7) is 4.47. The van der Waals surface area contributed by atoms with Crippen molar-refractivity contribution in [1.29, 1.82) is 0 Å². The highest BCUT2D eigenvalue weighted by molar-refractivity contribution is 6.36. The second-order valence-corrected chi connectivity index (χ2v) is 7.15. The zero-order valence-corrected chi connectivity index (χ0v) is 22.0. The number of nitrogens with one attached hydrogen (secondary N) is 1. The summed E-state index contributed by atoms with van der Waals surface area (Å²) in [4.78, 5) is 26.5. The monoisotopic (exact) mass is 526 g/mol. The average Bonchev–Trinajstić information content (AvgIpc) is 2.90. The molecule has 0 amide bonds. The van der Waals surface area contributed by atoms with Crippen LogP contribution in [0.1, 0.15) is 41.7 Å². The smallest absolute Gasteiger partial charge is 0.228 e. The van der Waals surface area contributed by atoms with Crippen molar-refractivity contribution in [2.45, 2.75) is 27.4 Å². The topological polar surface area (TPSA) is 103 Å². The number of halogens is 3. The van der Waals surface area contributed by atoms with E-state index in [1.807, 2.05) is 33.2 Å². The van der Waals surface area contributed by atoms with Gasteiger partial charge in [0, 0.05) is 31.4 Å². The number of alkyl halides is 1. The lowest BCUT2D eigenvalue weighted by atomic mass is 9.99. The maximum atomic E-state index is 12.9. The van der Waals surface area contributed by atoms with Gasteiger partial charge in [0.15, 0.2) is 6.29 Å². The number of carbonyl (C=O) groups excluding carboxylic acids is 1. The lowest BCUT2D eigenvalue weighted by molar-refractivity contribution is -0.102. The third-order valence-electron chi connectivity index (χ3n) is 4.63. The predicted octanol–water partition coefficient (Wildman–Crippen LogP) is 4.84. The molecule has 0 aliphatic rings. The quantitative estimate of drug-likeness (QED) is 0.255. The van der Waals surface area contributed by atoms with Gasteiger partial charge in [0.25, 0.3) is 0 Å². The van der Waals surface area contributed by atoms with Crippen molar-refractivity contribution in [3.63, 3.8) is 0 Å². The minimum atomic E-state index is -0.995. The largest absolute Gasteiger partial charge is 0.462 e. The van der Waals surface area contributed by atoms with E-state index in [1.54, 1.807) is 38.1 Å². The Hall–Kier alpha value is -3.93. The van der Waals surface area contributed by atoms with Crippen molar-refractivity contribution in [3.8, 4) is 5.75 Å². The van der Waals surface area contributed by atoms with Crippen molar-refractivity contribution in [1.82, 2.24) is 5.32 Å². The Labute approximate surface area is 214 Å². The molecule has 12 heteroatoms. The summed E-state index contributed by atoms with van der Waals surface area (Å²) in [5, 5.41) is 14.5. The van der Waals surface area contributed by atoms with Crippen LogP contribution in [0.3, 0.4) is 0 Å². The van der Waals surface area contributed by atoms with Crippen LogP contribution in [0.5, 0.6) is 5.75 Å². The minimum absolute atomic E-state index is 0.0902. The highest BCUT2D eigenvalue weighted by atomic mass is 20.0. The van der Waals surface area contributed by atoms with Gasteiger partial charge in [-0.3, -0.25) is 4.79 Å². The van der Waals surface area contributed by atoms with Gasteiger partial charge < -0.3 is 24.6 Å². The normalized spacial score (nSPS) is 11.4. The maximum Gasteiger partial charge on any atom is 0.228 e. The molecule has 0 aromatic heterocycles. The predicted molar refractivity (Wildman–Crippen MR) is 137 cm³/mol. The molecular weight excluding hydrogens is 493 g/mol. The molecule has 2 aromatic carbocycles. The fourth-order valence-corrected chi connectivity index (χ4v) is 3.02. The Morgan fingerprint density at radius 3 is 2.19 bits per heavy atom. The summed E-state index contributed by atoms with van der Waals surface area (Å²) >= 11 is 0. The Balaban J connectivity index is 0.00000241.